The quantitative estimate of drug-likeness (QED) is 0.879. The summed E-state index contributed by atoms with van der Waals surface area (Å²) in [6, 6.07) is 2.54. The summed E-state index contributed by atoms with van der Waals surface area (Å²) in [5, 5.41) is 14.9. The second kappa shape index (κ2) is 5.33. The highest BCUT2D eigenvalue weighted by molar-refractivity contribution is 5.64. The Bertz CT molecular complexity index is 697. The summed E-state index contributed by atoms with van der Waals surface area (Å²) in [6.45, 7) is 1.76. The van der Waals surface area contributed by atoms with Crippen LogP contribution in [0.25, 0.3) is 0 Å². The molecule has 136 valence electrons. The lowest BCUT2D eigenvalue weighted by Gasteiger charge is -2.30. The van der Waals surface area contributed by atoms with E-state index in [1.807, 2.05) is 0 Å². The summed E-state index contributed by atoms with van der Waals surface area (Å²) in [5.74, 6) is 0. The molecule has 3 fully saturated rings. The van der Waals surface area contributed by atoms with Gasteiger partial charge in [-0.1, -0.05) is 6.07 Å². The van der Waals surface area contributed by atoms with Gasteiger partial charge in [0.15, 0.2) is 0 Å². The van der Waals surface area contributed by atoms with E-state index < -0.39 is 23.7 Å². The number of rotatable bonds is 2. The van der Waals surface area contributed by atoms with Crippen molar-refractivity contribution in [2.45, 2.75) is 43.3 Å². The molecule has 5 nitrogen and oxygen atoms in total. The fourth-order valence-corrected chi connectivity index (χ4v) is 4.50. The number of amides is 1. The minimum atomic E-state index is -4.38. The number of halogens is 3. The Morgan fingerprint density at radius 3 is 2.68 bits per heavy atom. The van der Waals surface area contributed by atoms with Crippen molar-refractivity contribution < 1.29 is 23.1 Å². The number of pyridine rings is 1. The highest BCUT2D eigenvalue weighted by atomic mass is 19.4. The molecule has 1 aromatic rings. The van der Waals surface area contributed by atoms with E-state index in [9.17, 15) is 23.1 Å². The predicted octanol–water partition coefficient (Wildman–Crippen LogP) is 1.75. The SMILES string of the molecule is O=C([O-])N1CC2(CCNC2)CC1c1cccnc1C1(C(F)(F)F)CC1. The number of nitrogens with one attached hydrogen (secondary N) is 1. The van der Waals surface area contributed by atoms with Crippen LogP contribution in [0.4, 0.5) is 18.0 Å². The topological polar surface area (TPSA) is 68.3 Å². The summed E-state index contributed by atoms with van der Waals surface area (Å²) < 4.78 is 40.8. The van der Waals surface area contributed by atoms with E-state index in [4.69, 9.17) is 0 Å². The molecule has 2 atom stereocenters. The molecule has 0 bridgehead atoms. The minimum Gasteiger partial charge on any atom is -0.530 e. The molecule has 1 N–H and O–H groups in total. The van der Waals surface area contributed by atoms with Gasteiger partial charge in [0.2, 0.25) is 0 Å². The van der Waals surface area contributed by atoms with Gasteiger partial charge >= 0.3 is 6.18 Å². The van der Waals surface area contributed by atoms with Gasteiger partial charge in [0.05, 0.1) is 11.7 Å². The van der Waals surface area contributed by atoms with E-state index in [-0.39, 0.29) is 24.0 Å². The summed E-state index contributed by atoms with van der Waals surface area (Å²) in [5.41, 5.74) is -1.79. The number of carbonyl (C=O) groups is 1. The zero-order valence-corrected chi connectivity index (χ0v) is 13.6. The Hall–Kier alpha value is -1.83. The van der Waals surface area contributed by atoms with Crippen molar-refractivity contribution in [1.29, 1.82) is 0 Å². The first-order valence-electron chi connectivity index (χ1n) is 8.49. The van der Waals surface area contributed by atoms with Crippen LogP contribution in [0.3, 0.4) is 0 Å². The molecule has 0 radical (unpaired) electrons. The Morgan fingerprint density at radius 1 is 1.36 bits per heavy atom. The van der Waals surface area contributed by atoms with Gasteiger partial charge in [0.25, 0.3) is 0 Å². The highest BCUT2D eigenvalue weighted by Gasteiger charge is 2.66. The van der Waals surface area contributed by atoms with E-state index >= 15 is 0 Å². The number of carboxylic acid groups (broad SMARTS) is 1. The Morgan fingerprint density at radius 2 is 2.12 bits per heavy atom. The monoisotopic (exact) mass is 354 g/mol. The number of aromatic nitrogens is 1. The van der Waals surface area contributed by atoms with Gasteiger partial charge in [-0.25, -0.2) is 0 Å². The van der Waals surface area contributed by atoms with Crippen LogP contribution in [0.1, 0.15) is 43.0 Å². The summed E-state index contributed by atoms with van der Waals surface area (Å²) >= 11 is 0. The van der Waals surface area contributed by atoms with Gasteiger partial charge in [-0.2, -0.15) is 13.2 Å². The molecule has 1 aliphatic carbocycles. The van der Waals surface area contributed by atoms with Crippen LogP contribution in [-0.4, -0.2) is 41.8 Å². The summed E-state index contributed by atoms with van der Waals surface area (Å²) in [7, 11) is 0. The zero-order chi connectivity index (χ0) is 17.9. The Kier molecular flexibility index (Phi) is 3.55. The van der Waals surface area contributed by atoms with Crippen LogP contribution < -0.4 is 10.4 Å². The first-order chi connectivity index (χ1) is 11.8. The van der Waals surface area contributed by atoms with Crippen LogP contribution in [0.15, 0.2) is 18.3 Å². The lowest BCUT2D eigenvalue weighted by atomic mass is 9.82. The summed E-state index contributed by atoms with van der Waals surface area (Å²) in [6.07, 6.45) is -3.03. The number of alkyl halides is 3. The molecule has 1 saturated carbocycles. The van der Waals surface area contributed by atoms with E-state index in [1.165, 1.54) is 11.1 Å². The molecule has 1 aromatic heterocycles. The first-order valence-corrected chi connectivity index (χ1v) is 8.49. The lowest BCUT2D eigenvalue weighted by molar-refractivity contribution is -0.267. The molecule has 2 unspecified atom stereocenters. The molecule has 0 aromatic carbocycles. The number of hydrogen-bond acceptors (Lipinski definition) is 4. The van der Waals surface area contributed by atoms with E-state index in [0.717, 1.165) is 13.0 Å². The van der Waals surface area contributed by atoms with Gasteiger partial charge in [-0.15, -0.1) is 0 Å². The van der Waals surface area contributed by atoms with Crippen LogP contribution in [0, 0.1) is 5.41 Å². The van der Waals surface area contributed by atoms with Crippen molar-refractivity contribution in [3.05, 3.63) is 29.6 Å². The third-order valence-corrected chi connectivity index (χ3v) is 6.02. The maximum Gasteiger partial charge on any atom is 0.399 e. The van der Waals surface area contributed by atoms with Gasteiger partial charge < -0.3 is 20.1 Å². The first kappa shape index (κ1) is 16.6. The normalized spacial score (nSPS) is 30.8. The standard InChI is InChI=1S/C17H20F3N3O2/c18-17(19,20)16(3-4-16)13-11(2-1-6-22-13)12-8-15(5-7-21-9-15)10-23(12)14(24)25/h1-2,6,12,21H,3-5,7-10H2,(H,24,25)/p-1. The van der Waals surface area contributed by atoms with Gasteiger partial charge in [0, 0.05) is 24.7 Å². The molecule has 3 heterocycles. The Balaban J connectivity index is 1.76. The Labute approximate surface area is 143 Å². The fraction of sp³-hybridized carbons (Fsp3) is 0.647. The second-order valence-corrected chi connectivity index (χ2v) is 7.56. The zero-order valence-electron chi connectivity index (χ0n) is 13.6. The van der Waals surface area contributed by atoms with Crippen molar-refractivity contribution in [3.8, 4) is 0 Å². The predicted molar refractivity (Wildman–Crippen MR) is 80.6 cm³/mol. The van der Waals surface area contributed by atoms with Crippen LogP contribution in [0.2, 0.25) is 0 Å². The third kappa shape index (κ3) is 2.49. The van der Waals surface area contributed by atoms with E-state index in [0.29, 0.717) is 25.1 Å². The minimum absolute atomic E-state index is 0.00521. The number of hydrogen-bond donors (Lipinski definition) is 1. The maximum atomic E-state index is 13.6. The second-order valence-electron chi connectivity index (χ2n) is 7.56. The highest BCUT2D eigenvalue weighted by Crippen LogP contribution is 2.60. The molecule has 4 rings (SSSR count). The molecule has 25 heavy (non-hydrogen) atoms. The fourth-order valence-electron chi connectivity index (χ4n) is 4.50. The smallest absolute Gasteiger partial charge is 0.399 e. The van der Waals surface area contributed by atoms with Gasteiger partial charge in [-0.3, -0.25) is 4.98 Å². The number of nitrogens with zero attached hydrogens (tertiary/aromatic N) is 2. The molecule has 2 aliphatic heterocycles. The van der Waals surface area contributed by atoms with Crippen molar-refractivity contribution >= 4 is 6.09 Å². The largest absolute Gasteiger partial charge is 0.530 e. The molecule has 8 heteroatoms. The van der Waals surface area contributed by atoms with Crippen LogP contribution >= 0.6 is 0 Å². The average molecular weight is 354 g/mol. The third-order valence-electron chi connectivity index (χ3n) is 6.02. The molecule has 1 spiro atoms. The molecule has 2 saturated heterocycles. The van der Waals surface area contributed by atoms with Crippen LogP contribution in [-0.2, 0) is 5.41 Å². The number of carbonyl (C=O) groups excluding carboxylic acids is 1. The molecular weight excluding hydrogens is 335 g/mol. The van der Waals surface area contributed by atoms with Crippen molar-refractivity contribution in [2.75, 3.05) is 19.6 Å². The molecular formula is C17H19F3N3O2-. The van der Waals surface area contributed by atoms with Gasteiger partial charge in [0.1, 0.15) is 11.5 Å². The van der Waals surface area contributed by atoms with Gasteiger partial charge in [-0.05, 0) is 43.9 Å². The molecule has 3 aliphatic rings. The van der Waals surface area contributed by atoms with E-state index in [2.05, 4.69) is 10.3 Å². The lowest BCUT2D eigenvalue weighted by Crippen LogP contribution is -2.43. The summed E-state index contributed by atoms with van der Waals surface area (Å²) in [4.78, 5) is 16.9. The molecule has 1 amide bonds. The van der Waals surface area contributed by atoms with Crippen LogP contribution in [0.5, 0.6) is 0 Å². The maximum absolute atomic E-state index is 13.6. The van der Waals surface area contributed by atoms with Crippen molar-refractivity contribution in [3.63, 3.8) is 0 Å². The van der Waals surface area contributed by atoms with Crippen molar-refractivity contribution in [2.24, 2.45) is 5.41 Å². The van der Waals surface area contributed by atoms with Crippen molar-refractivity contribution in [1.82, 2.24) is 15.2 Å². The number of likely N-dealkylation sites (tertiary alicyclic amines) is 1. The average Bonchev–Trinajstić information content (AvgIpc) is 3.13. The van der Waals surface area contributed by atoms with E-state index in [1.54, 1.807) is 12.1 Å².